The molecule has 35 heavy (non-hydrogen) atoms. The van der Waals surface area contributed by atoms with Gasteiger partial charge in [-0.2, -0.15) is 13.2 Å². The average molecular weight is 504 g/mol. The number of hydrogen-bond donors (Lipinski definition) is 1. The summed E-state index contributed by atoms with van der Waals surface area (Å²) in [4.78, 5) is 44.2. The number of benzene rings is 2. The molecule has 4 heterocycles. The van der Waals surface area contributed by atoms with E-state index in [0.29, 0.717) is 30.6 Å². The van der Waals surface area contributed by atoms with Crippen LogP contribution in [0.1, 0.15) is 36.5 Å². The normalized spacial score (nSPS) is 29.7. The Bertz CT molecular complexity index is 1310. The summed E-state index contributed by atoms with van der Waals surface area (Å²) in [5.74, 6) is -3.58. The molecule has 2 aromatic rings. The second kappa shape index (κ2) is 7.30. The number of fused-ring (bicyclic) bond motifs is 7. The predicted octanol–water partition coefficient (Wildman–Crippen LogP) is 4.35. The van der Waals surface area contributed by atoms with Crippen molar-refractivity contribution in [1.82, 2.24) is 4.90 Å². The van der Waals surface area contributed by atoms with Gasteiger partial charge in [-0.25, -0.2) is 4.90 Å². The zero-order chi connectivity index (χ0) is 24.9. The van der Waals surface area contributed by atoms with E-state index in [1.807, 2.05) is 30.0 Å². The number of aryl methyl sites for hydroxylation is 1. The fourth-order valence-electron chi connectivity index (χ4n) is 6.68. The van der Waals surface area contributed by atoms with Gasteiger partial charge in [0.25, 0.3) is 0 Å². The molecule has 4 atom stereocenters. The number of rotatable bonds is 2. The van der Waals surface area contributed by atoms with Gasteiger partial charge in [0, 0.05) is 17.3 Å². The monoisotopic (exact) mass is 503 g/mol. The minimum absolute atomic E-state index is 0.137. The number of anilines is 2. The van der Waals surface area contributed by atoms with Crippen molar-refractivity contribution in [3.63, 3.8) is 0 Å². The minimum atomic E-state index is -4.68. The molecule has 4 aliphatic heterocycles. The van der Waals surface area contributed by atoms with Gasteiger partial charge in [0.2, 0.25) is 17.7 Å². The van der Waals surface area contributed by atoms with Crippen LogP contribution in [-0.2, 0) is 32.5 Å². The summed E-state index contributed by atoms with van der Waals surface area (Å²) in [7, 11) is 0. The minimum Gasteiger partial charge on any atom is -0.324 e. The van der Waals surface area contributed by atoms with Crippen molar-refractivity contribution in [3.05, 3.63) is 58.1 Å². The first-order chi connectivity index (χ1) is 16.6. The third-order valence-electron chi connectivity index (χ3n) is 8.01. The molecule has 6 rings (SSSR count). The van der Waals surface area contributed by atoms with Crippen LogP contribution in [0.4, 0.5) is 24.5 Å². The number of carbonyl (C=O) groups is 3. The lowest BCUT2D eigenvalue weighted by Gasteiger charge is -2.36. The van der Waals surface area contributed by atoms with Crippen molar-refractivity contribution in [3.8, 4) is 0 Å². The molecule has 3 fully saturated rings. The molecule has 4 aliphatic rings. The lowest BCUT2D eigenvalue weighted by Crippen LogP contribution is -2.54. The third kappa shape index (κ3) is 2.73. The van der Waals surface area contributed by atoms with Gasteiger partial charge in [-0.1, -0.05) is 36.7 Å². The summed E-state index contributed by atoms with van der Waals surface area (Å²) in [6.07, 6.45) is -2.65. The van der Waals surface area contributed by atoms with Crippen LogP contribution in [-0.4, -0.2) is 35.2 Å². The topological polar surface area (TPSA) is 69.7 Å². The largest absolute Gasteiger partial charge is 0.416 e. The van der Waals surface area contributed by atoms with Gasteiger partial charge in [0.1, 0.15) is 5.54 Å². The Hall–Kier alpha value is -2.91. The Morgan fingerprint density at radius 1 is 1.14 bits per heavy atom. The van der Waals surface area contributed by atoms with E-state index in [1.165, 1.54) is 0 Å². The number of nitrogens with zero attached hydrogens (tertiary/aromatic N) is 2. The molecule has 3 saturated heterocycles. The molecule has 0 radical (unpaired) electrons. The Labute approximate surface area is 204 Å². The molecule has 182 valence electrons. The molecule has 0 bridgehead atoms. The lowest BCUT2D eigenvalue weighted by molar-refractivity contribution is -0.137. The maximum Gasteiger partial charge on any atom is 0.416 e. The number of amides is 3. The Morgan fingerprint density at radius 3 is 2.63 bits per heavy atom. The molecular weight excluding hydrogens is 483 g/mol. The van der Waals surface area contributed by atoms with E-state index in [9.17, 15) is 27.6 Å². The van der Waals surface area contributed by atoms with Gasteiger partial charge in [-0.15, -0.1) is 0 Å². The molecule has 0 aromatic heterocycles. The van der Waals surface area contributed by atoms with Crippen LogP contribution in [0.5, 0.6) is 0 Å². The van der Waals surface area contributed by atoms with Gasteiger partial charge < -0.3 is 5.32 Å². The summed E-state index contributed by atoms with van der Waals surface area (Å²) in [6.45, 7) is 2.51. The summed E-state index contributed by atoms with van der Waals surface area (Å²) < 4.78 is 40.3. The van der Waals surface area contributed by atoms with Crippen molar-refractivity contribution >= 4 is 40.7 Å². The van der Waals surface area contributed by atoms with Crippen LogP contribution in [0, 0.1) is 11.8 Å². The lowest BCUT2D eigenvalue weighted by atomic mass is 9.75. The zero-order valence-electron chi connectivity index (χ0n) is 18.7. The van der Waals surface area contributed by atoms with Gasteiger partial charge in [0.15, 0.2) is 0 Å². The summed E-state index contributed by atoms with van der Waals surface area (Å²) in [5.41, 5.74) is -0.472. The van der Waals surface area contributed by atoms with Crippen molar-refractivity contribution in [2.24, 2.45) is 11.8 Å². The second-order valence-electron chi connectivity index (χ2n) is 9.50. The quantitative estimate of drug-likeness (QED) is 0.619. The fraction of sp³-hybridized carbons (Fsp3) is 0.400. The highest BCUT2D eigenvalue weighted by molar-refractivity contribution is 6.36. The van der Waals surface area contributed by atoms with Crippen LogP contribution in [0.15, 0.2) is 36.4 Å². The molecule has 2 aromatic carbocycles. The Balaban J connectivity index is 1.54. The number of carbonyl (C=O) groups excluding carboxylic acids is 3. The maximum atomic E-state index is 14.0. The van der Waals surface area contributed by atoms with Crippen LogP contribution in [0.25, 0.3) is 0 Å². The number of hydrogen-bond acceptors (Lipinski definition) is 4. The van der Waals surface area contributed by atoms with E-state index in [-0.39, 0.29) is 22.7 Å². The van der Waals surface area contributed by atoms with Crippen LogP contribution in [0.2, 0.25) is 5.02 Å². The Kier molecular flexibility index (Phi) is 4.70. The average Bonchev–Trinajstić information content (AvgIpc) is 3.52. The molecular formula is C25H21ClF3N3O3. The fourth-order valence-corrected chi connectivity index (χ4v) is 6.89. The molecule has 0 aliphatic carbocycles. The van der Waals surface area contributed by atoms with Crippen LogP contribution >= 0.6 is 11.6 Å². The third-order valence-corrected chi connectivity index (χ3v) is 8.33. The predicted molar refractivity (Wildman–Crippen MR) is 122 cm³/mol. The summed E-state index contributed by atoms with van der Waals surface area (Å²) in [5, 5.41) is 2.83. The van der Waals surface area contributed by atoms with Crippen molar-refractivity contribution in [2.75, 3.05) is 16.8 Å². The maximum absolute atomic E-state index is 14.0. The molecule has 10 heteroatoms. The van der Waals surface area contributed by atoms with Gasteiger partial charge in [0.05, 0.1) is 28.1 Å². The van der Waals surface area contributed by atoms with E-state index >= 15 is 0 Å². The Morgan fingerprint density at radius 2 is 1.91 bits per heavy atom. The highest BCUT2D eigenvalue weighted by atomic mass is 35.5. The van der Waals surface area contributed by atoms with Crippen LogP contribution < -0.4 is 10.2 Å². The van der Waals surface area contributed by atoms with Gasteiger partial charge in [-0.05, 0) is 49.6 Å². The zero-order valence-corrected chi connectivity index (χ0v) is 19.4. The van der Waals surface area contributed by atoms with Gasteiger partial charge >= 0.3 is 6.18 Å². The smallest absolute Gasteiger partial charge is 0.324 e. The molecule has 0 unspecified atom stereocenters. The van der Waals surface area contributed by atoms with Gasteiger partial charge in [-0.3, -0.25) is 19.3 Å². The number of halogens is 4. The van der Waals surface area contributed by atoms with Crippen LogP contribution in [0.3, 0.4) is 0 Å². The summed E-state index contributed by atoms with van der Waals surface area (Å²) >= 11 is 6.22. The molecule has 1 N–H and O–H groups in total. The highest BCUT2D eigenvalue weighted by Crippen LogP contribution is 2.61. The summed E-state index contributed by atoms with van der Waals surface area (Å²) in [6, 6.07) is 7.76. The van der Waals surface area contributed by atoms with E-state index in [0.717, 1.165) is 35.1 Å². The molecule has 0 saturated carbocycles. The van der Waals surface area contributed by atoms with E-state index in [4.69, 9.17) is 11.6 Å². The SMILES string of the molecule is CCc1cccc2c1NC(=O)[C@@]21[C@@H]2C(=O)N(c3cc(C(F)(F)F)ccc3Cl)C(=O)[C@@H]2[C@H]2CCCN21. The standard InChI is InChI=1S/C25H21ClF3N3O3/c1-2-12-5-3-6-14-20(12)30-23(35)24(14)19-18(16-7-4-10-31(16)24)21(33)32(22(19)34)17-11-13(25(27,28)29)8-9-15(17)26/h3,5-6,8-9,11,16,18-19H,2,4,7,10H2,1H3,(H,30,35)/t16-,18-,19+,24+/m1/s1. The number of alkyl halides is 3. The number of para-hydroxylation sites is 1. The molecule has 1 spiro atoms. The van der Waals surface area contributed by atoms with Crippen molar-refractivity contribution in [1.29, 1.82) is 0 Å². The first-order valence-electron chi connectivity index (χ1n) is 11.6. The first kappa shape index (κ1) is 22.5. The van der Waals surface area contributed by atoms with Crippen molar-refractivity contribution in [2.45, 2.75) is 43.9 Å². The number of nitrogens with one attached hydrogen (secondary N) is 1. The first-order valence-corrected chi connectivity index (χ1v) is 11.9. The second-order valence-corrected chi connectivity index (χ2v) is 9.90. The molecule has 3 amide bonds. The van der Waals surface area contributed by atoms with E-state index in [1.54, 1.807) is 0 Å². The number of imide groups is 1. The van der Waals surface area contributed by atoms with Crippen molar-refractivity contribution < 1.29 is 27.6 Å². The highest BCUT2D eigenvalue weighted by Gasteiger charge is 2.74. The molecule has 6 nitrogen and oxygen atoms in total. The van der Waals surface area contributed by atoms with E-state index < -0.39 is 40.9 Å². The van der Waals surface area contributed by atoms with E-state index in [2.05, 4.69) is 5.32 Å².